The average Bonchev–Trinajstić information content (AvgIpc) is 2.51. The van der Waals surface area contributed by atoms with E-state index >= 15 is 0 Å². The minimum Gasteiger partial charge on any atom is -0.363 e. The zero-order valence-corrected chi connectivity index (χ0v) is 6.87. The Morgan fingerprint density at radius 2 is 2.42 bits per heavy atom. The van der Waals surface area contributed by atoms with Crippen LogP contribution in [0.25, 0.3) is 0 Å². The third-order valence-corrected chi connectivity index (χ3v) is 1.47. The van der Waals surface area contributed by atoms with E-state index in [1.807, 2.05) is 6.92 Å². The van der Waals surface area contributed by atoms with Crippen molar-refractivity contribution in [1.82, 2.24) is 15.5 Å². The van der Waals surface area contributed by atoms with Crippen LogP contribution in [0, 0.1) is 0 Å². The number of hydrogen-bond donors (Lipinski definition) is 2. The third-order valence-electron chi connectivity index (χ3n) is 1.47. The first-order chi connectivity index (χ1) is 5.65. The maximum absolute atomic E-state index is 10.5. The Bertz CT molecular complexity index is 283. The standard InChI is InChI=1S/C6H10N4O2/c1-3(8-2)6-9-5(4(7)11)10-12-6/h3,8H,1-2H3,(H2,7,11)/t3-/m0/s1. The van der Waals surface area contributed by atoms with Gasteiger partial charge in [0.25, 0.3) is 11.7 Å². The predicted octanol–water partition coefficient (Wildman–Crippen LogP) is -0.551. The molecule has 0 fully saturated rings. The molecule has 1 aromatic rings. The molecule has 3 N–H and O–H groups in total. The molecular formula is C6H10N4O2. The summed E-state index contributed by atoms with van der Waals surface area (Å²) in [5, 5.41) is 6.27. The highest BCUT2D eigenvalue weighted by Gasteiger charge is 2.14. The molecule has 0 aliphatic heterocycles. The second kappa shape index (κ2) is 3.31. The van der Waals surface area contributed by atoms with Crippen molar-refractivity contribution in [2.45, 2.75) is 13.0 Å². The molecule has 12 heavy (non-hydrogen) atoms. The van der Waals surface area contributed by atoms with Crippen LogP contribution < -0.4 is 11.1 Å². The molecule has 0 aromatic carbocycles. The second-order valence-electron chi connectivity index (χ2n) is 2.33. The fraction of sp³-hybridized carbons (Fsp3) is 0.500. The van der Waals surface area contributed by atoms with E-state index in [0.29, 0.717) is 5.89 Å². The molecule has 1 amide bonds. The topological polar surface area (TPSA) is 94.0 Å². The van der Waals surface area contributed by atoms with Crippen LogP contribution >= 0.6 is 0 Å². The number of rotatable bonds is 3. The minimum absolute atomic E-state index is 0.0781. The number of nitrogens with zero attached hydrogens (tertiary/aromatic N) is 2. The summed E-state index contributed by atoms with van der Waals surface area (Å²) < 4.78 is 4.75. The van der Waals surface area contributed by atoms with Crippen molar-refractivity contribution in [3.63, 3.8) is 0 Å². The molecule has 6 heteroatoms. The highest BCUT2D eigenvalue weighted by Crippen LogP contribution is 2.07. The van der Waals surface area contributed by atoms with E-state index in [0.717, 1.165) is 0 Å². The van der Waals surface area contributed by atoms with E-state index in [1.165, 1.54) is 0 Å². The molecular weight excluding hydrogens is 160 g/mol. The number of primary amides is 1. The first-order valence-electron chi connectivity index (χ1n) is 3.46. The minimum atomic E-state index is -0.687. The van der Waals surface area contributed by atoms with Crippen molar-refractivity contribution in [3.05, 3.63) is 11.7 Å². The van der Waals surface area contributed by atoms with E-state index in [2.05, 4.69) is 15.5 Å². The second-order valence-corrected chi connectivity index (χ2v) is 2.33. The molecule has 1 rings (SSSR count). The molecule has 0 saturated heterocycles. The van der Waals surface area contributed by atoms with Crippen LogP contribution in [-0.2, 0) is 0 Å². The molecule has 0 saturated carbocycles. The lowest BCUT2D eigenvalue weighted by atomic mass is 10.3. The maximum Gasteiger partial charge on any atom is 0.290 e. The molecule has 0 unspecified atom stereocenters. The molecule has 0 radical (unpaired) electrons. The van der Waals surface area contributed by atoms with Gasteiger partial charge in [0, 0.05) is 0 Å². The number of hydrogen-bond acceptors (Lipinski definition) is 5. The fourth-order valence-corrected chi connectivity index (χ4v) is 0.635. The predicted molar refractivity (Wildman–Crippen MR) is 40.3 cm³/mol. The number of carbonyl (C=O) groups is 1. The van der Waals surface area contributed by atoms with Crippen molar-refractivity contribution >= 4 is 5.91 Å². The molecule has 0 aliphatic carbocycles. The first-order valence-corrected chi connectivity index (χ1v) is 3.46. The van der Waals surface area contributed by atoms with Crippen LogP contribution in [0.1, 0.15) is 29.5 Å². The van der Waals surface area contributed by atoms with Gasteiger partial charge in [-0.3, -0.25) is 4.79 Å². The summed E-state index contributed by atoms with van der Waals surface area (Å²) in [6.07, 6.45) is 0. The van der Waals surface area contributed by atoms with E-state index in [9.17, 15) is 4.79 Å². The van der Waals surface area contributed by atoms with Gasteiger partial charge in [-0.15, -0.1) is 0 Å². The highest BCUT2D eigenvalue weighted by atomic mass is 16.5. The van der Waals surface area contributed by atoms with Crippen LogP contribution in [-0.4, -0.2) is 23.1 Å². The Labute approximate surface area is 69.1 Å². The summed E-state index contributed by atoms with van der Waals surface area (Å²) in [6.45, 7) is 1.83. The molecule has 1 aromatic heterocycles. The largest absolute Gasteiger partial charge is 0.363 e. The number of carbonyl (C=O) groups excluding carboxylic acids is 1. The molecule has 66 valence electrons. The summed E-state index contributed by atoms with van der Waals surface area (Å²) in [5.74, 6) is -0.424. The van der Waals surface area contributed by atoms with Gasteiger partial charge in [-0.05, 0) is 14.0 Å². The average molecular weight is 170 g/mol. The van der Waals surface area contributed by atoms with Crippen LogP contribution in [0.15, 0.2) is 4.52 Å². The highest BCUT2D eigenvalue weighted by molar-refractivity contribution is 5.88. The van der Waals surface area contributed by atoms with Gasteiger partial charge in [0.15, 0.2) is 0 Å². The van der Waals surface area contributed by atoms with E-state index in [1.54, 1.807) is 7.05 Å². The quantitative estimate of drug-likeness (QED) is 0.634. The van der Waals surface area contributed by atoms with Gasteiger partial charge in [0.05, 0.1) is 6.04 Å². The number of nitrogens with two attached hydrogens (primary N) is 1. The Balaban J connectivity index is 2.84. The summed E-state index contributed by atoms with van der Waals surface area (Å²) in [5.41, 5.74) is 4.92. The Morgan fingerprint density at radius 3 is 2.83 bits per heavy atom. The third kappa shape index (κ3) is 1.59. The molecule has 6 nitrogen and oxygen atoms in total. The van der Waals surface area contributed by atoms with Gasteiger partial charge < -0.3 is 15.6 Å². The number of nitrogens with one attached hydrogen (secondary N) is 1. The molecule has 1 atom stereocenters. The first kappa shape index (κ1) is 8.66. The fourth-order valence-electron chi connectivity index (χ4n) is 0.635. The van der Waals surface area contributed by atoms with Gasteiger partial charge in [0.2, 0.25) is 5.89 Å². The SMILES string of the molecule is CN[C@@H](C)c1nc(C(N)=O)no1. The van der Waals surface area contributed by atoms with Gasteiger partial charge in [-0.2, -0.15) is 4.98 Å². The normalized spacial score (nSPS) is 12.8. The van der Waals surface area contributed by atoms with Crippen molar-refractivity contribution in [2.75, 3.05) is 7.05 Å². The van der Waals surface area contributed by atoms with Crippen molar-refractivity contribution in [2.24, 2.45) is 5.73 Å². The summed E-state index contributed by atoms with van der Waals surface area (Å²) in [7, 11) is 1.75. The molecule has 0 aliphatic rings. The summed E-state index contributed by atoms with van der Waals surface area (Å²) in [4.78, 5) is 14.3. The van der Waals surface area contributed by atoms with Crippen molar-refractivity contribution in [3.8, 4) is 0 Å². The smallest absolute Gasteiger partial charge is 0.290 e. The van der Waals surface area contributed by atoms with E-state index in [-0.39, 0.29) is 11.9 Å². The van der Waals surface area contributed by atoms with Crippen LogP contribution in [0.2, 0.25) is 0 Å². The van der Waals surface area contributed by atoms with Gasteiger partial charge in [-0.1, -0.05) is 5.16 Å². The van der Waals surface area contributed by atoms with Crippen molar-refractivity contribution in [1.29, 1.82) is 0 Å². The van der Waals surface area contributed by atoms with Crippen molar-refractivity contribution < 1.29 is 9.32 Å². The number of aromatic nitrogens is 2. The lowest BCUT2D eigenvalue weighted by Gasteiger charge is -2.00. The lowest BCUT2D eigenvalue weighted by Crippen LogP contribution is -2.15. The van der Waals surface area contributed by atoms with Gasteiger partial charge >= 0.3 is 0 Å². The van der Waals surface area contributed by atoms with Crippen LogP contribution in [0.4, 0.5) is 0 Å². The zero-order valence-electron chi connectivity index (χ0n) is 6.87. The van der Waals surface area contributed by atoms with E-state index in [4.69, 9.17) is 10.3 Å². The van der Waals surface area contributed by atoms with E-state index < -0.39 is 5.91 Å². The maximum atomic E-state index is 10.5. The molecule has 0 spiro atoms. The number of amides is 1. The zero-order chi connectivity index (χ0) is 9.14. The van der Waals surface area contributed by atoms with Crippen LogP contribution in [0.5, 0.6) is 0 Å². The lowest BCUT2D eigenvalue weighted by molar-refractivity contribution is 0.0987. The Kier molecular flexibility index (Phi) is 2.39. The monoisotopic (exact) mass is 170 g/mol. The summed E-state index contributed by atoms with van der Waals surface area (Å²) in [6, 6.07) is -0.0781. The molecule has 0 bridgehead atoms. The summed E-state index contributed by atoms with van der Waals surface area (Å²) >= 11 is 0. The van der Waals surface area contributed by atoms with Gasteiger partial charge in [0.1, 0.15) is 0 Å². The molecule has 1 heterocycles. The Morgan fingerprint density at radius 1 is 1.75 bits per heavy atom. The van der Waals surface area contributed by atoms with Crippen LogP contribution in [0.3, 0.4) is 0 Å². The van der Waals surface area contributed by atoms with Gasteiger partial charge in [-0.25, -0.2) is 0 Å². The Hall–Kier alpha value is -1.43.